The molecule has 0 aliphatic rings. The summed E-state index contributed by atoms with van der Waals surface area (Å²) >= 11 is 0. The molecule has 0 fully saturated rings. The second-order valence-corrected chi connectivity index (χ2v) is 7.59. The van der Waals surface area contributed by atoms with E-state index in [0.717, 1.165) is 11.3 Å². The van der Waals surface area contributed by atoms with Crippen LogP contribution < -0.4 is 4.74 Å². The van der Waals surface area contributed by atoms with Crippen LogP contribution in [-0.2, 0) is 17.9 Å². The largest absolute Gasteiger partial charge is 0.497 e. The molecule has 0 aliphatic carbocycles. The molecule has 7 heteroatoms. The highest BCUT2D eigenvalue weighted by Crippen LogP contribution is 2.17. The highest BCUT2D eigenvalue weighted by molar-refractivity contribution is 5.97. The quantitative estimate of drug-likeness (QED) is 0.424. The van der Waals surface area contributed by atoms with E-state index in [0.29, 0.717) is 17.1 Å². The van der Waals surface area contributed by atoms with E-state index in [1.807, 2.05) is 19.1 Å². The first-order chi connectivity index (χ1) is 15.9. The van der Waals surface area contributed by atoms with E-state index < -0.39 is 0 Å². The number of hydrogen-bond acceptors (Lipinski definition) is 4. The summed E-state index contributed by atoms with van der Waals surface area (Å²) in [6.45, 7) is 6.06. The van der Waals surface area contributed by atoms with E-state index in [1.165, 1.54) is 24.1 Å². The Balaban J connectivity index is 1.81. The monoisotopic (exact) mass is 450 g/mol. The zero-order valence-electron chi connectivity index (χ0n) is 18.8. The number of furan rings is 1. The topological polar surface area (TPSA) is 63.0 Å². The normalized spacial score (nSPS) is 10.5. The average molecular weight is 451 g/mol. The molecule has 0 saturated carbocycles. The van der Waals surface area contributed by atoms with Gasteiger partial charge < -0.3 is 19.0 Å². The molecule has 1 aromatic heterocycles. The van der Waals surface area contributed by atoms with Crippen LogP contribution in [0.25, 0.3) is 0 Å². The second-order valence-electron chi connectivity index (χ2n) is 7.59. The van der Waals surface area contributed by atoms with Gasteiger partial charge in [0.25, 0.3) is 5.91 Å². The number of nitrogens with zero attached hydrogens (tertiary/aromatic N) is 2. The number of carbonyl (C=O) groups excluding carboxylic acids is 2. The molecule has 0 atom stereocenters. The lowest BCUT2D eigenvalue weighted by Crippen LogP contribution is -2.42. The maximum atomic E-state index is 13.3. The minimum atomic E-state index is -0.348. The zero-order valence-corrected chi connectivity index (χ0v) is 18.8. The molecule has 0 N–H and O–H groups in total. The Morgan fingerprint density at radius 2 is 1.82 bits per heavy atom. The van der Waals surface area contributed by atoms with Gasteiger partial charge in [-0.15, -0.1) is 6.58 Å². The van der Waals surface area contributed by atoms with Gasteiger partial charge in [-0.3, -0.25) is 9.59 Å². The minimum absolute atomic E-state index is 0.150. The molecule has 172 valence electrons. The summed E-state index contributed by atoms with van der Waals surface area (Å²) in [6.07, 6.45) is 1.57. The standard InChI is InChI=1S/C26H27FN2O4/c1-4-14-28(26(31)21-6-5-7-23(15-21)32-3)18-25(30)29(17-24-13-8-19(2)33-24)16-20-9-11-22(27)12-10-20/h4-13,15H,1,14,16-18H2,2-3H3. The maximum absolute atomic E-state index is 13.3. The smallest absolute Gasteiger partial charge is 0.254 e. The molecule has 3 aromatic rings. The number of ether oxygens (including phenoxy) is 1. The van der Waals surface area contributed by atoms with E-state index in [4.69, 9.17) is 9.15 Å². The van der Waals surface area contributed by atoms with E-state index >= 15 is 0 Å². The zero-order chi connectivity index (χ0) is 23.8. The van der Waals surface area contributed by atoms with Gasteiger partial charge in [-0.1, -0.05) is 24.3 Å². The van der Waals surface area contributed by atoms with Gasteiger partial charge in [0.1, 0.15) is 29.6 Å². The molecule has 0 unspecified atom stereocenters. The number of amides is 2. The van der Waals surface area contributed by atoms with Crippen LogP contribution in [0.1, 0.15) is 27.4 Å². The van der Waals surface area contributed by atoms with Crippen molar-refractivity contribution in [1.82, 2.24) is 9.80 Å². The predicted octanol–water partition coefficient (Wildman–Crippen LogP) is 4.59. The lowest BCUT2D eigenvalue weighted by molar-refractivity contribution is -0.133. The molecule has 0 saturated heterocycles. The molecular formula is C26H27FN2O4. The van der Waals surface area contributed by atoms with E-state index in [9.17, 15) is 14.0 Å². The van der Waals surface area contributed by atoms with E-state index in [-0.39, 0.29) is 43.8 Å². The van der Waals surface area contributed by atoms with Gasteiger partial charge in [0.2, 0.25) is 5.91 Å². The van der Waals surface area contributed by atoms with Crippen molar-refractivity contribution in [3.8, 4) is 5.75 Å². The minimum Gasteiger partial charge on any atom is -0.497 e. The Morgan fingerprint density at radius 3 is 2.45 bits per heavy atom. The third-order valence-corrected chi connectivity index (χ3v) is 5.06. The van der Waals surface area contributed by atoms with Gasteiger partial charge in [0.15, 0.2) is 0 Å². The van der Waals surface area contributed by atoms with Crippen molar-refractivity contribution in [2.45, 2.75) is 20.0 Å². The molecule has 0 bridgehead atoms. The van der Waals surface area contributed by atoms with Gasteiger partial charge in [0.05, 0.1) is 13.7 Å². The van der Waals surface area contributed by atoms with Crippen molar-refractivity contribution >= 4 is 11.8 Å². The third-order valence-electron chi connectivity index (χ3n) is 5.06. The van der Waals surface area contributed by atoms with Gasteiger partial charge in [-0.05, 0) is 55.0 Å². The van der Waals surface area contributed by atoms with Crippen LogP contribution in [0.5, 0.6) is 5.75 Å². The van der Waals surface area contributed by atoms with Crippen LogP contribution in [0, 0.1) is 12.7 Å². The lowest BCUT2D eigenvalue weighted by atomic mass is 10.1. The Kier molecular flexibility index (Phi) is 8.02. The van der Waals surface area contributed by atoms with Crippen LogP contribution in [0.3, 0.4) is 0 Å². The first-order valence-corrected chi connectivity index (χ1v) is 10.5. The number of rotatable bonds is 10. The lowest BCUT2D eigenvalue weighted by Gasteiger charge is -2.27. The fourth-order valence-corrected chi connectivity index (χ4v) is 3.38. The van der Waals surface area contributed by atoms with Crippen molar-refractivity contribution in [2.75, 3.05) is 20.2 Å². The Morgan fingerprint density at radius 1 is 1.06 bits per heavy atom. The summed E-state index contributed by atoms with van der Waals surface area (Å²) in [5, 5.41) is 0. The average Bonchev–Trinajstić information content (AvgIpc) is 3.23. The number of hydrogen-bond donors (Lipinski definition) is 0. The molecule has 2 aromatic carbocycles. The Hall–Kier alpha value is -3.87. The SMILES string of the molecule is C=CCN(CC(=O)N(Cc1ccc(F)cc1)Cc1ccc(C)o1)C(=O)c1cccc(OC)c1. The summed E-state index contributed by atoms with van der Waals surface area (Å²) in [6, 6.07) is 16.4. The third kappa shape index (κ3) is 6.55. The second kappa shape index (κ2) is 11.1. The van der Waals surface area contributed by atoms with Crippen LogP contribution in [0.2, 0.25) is 0 Å². The summed E-state index contributed by atoms with van der Waals surface area (Å²) in [4.78, 5) is 29.4. The van der Waals surface area contributed by atoms with Gasteiger partial charge in [-0.2, -0.15) is 0 Å². The summed E-state index contributed by atoms with van der Waals surface area (Å²) in [5.74, 6) is 0.985. The summed E-state index contributed by atoms with van der Waals surface area (Å²) < 4.78 is 24.2. The number of methoxy groups -OCH3 is 1. The molecule has 2 amide bonds. The summed E-state index contributed by atoms with van der Waals surface area (Å²) in [7, 11) is 1.53. The molecule has 3 rings (SSSR count). The van der Waals surface area contributed by atoms with E-state index in [1.54, 1.807) is 47.4 Å². The summed E-state index contributed by atoms with van der Waals surface area (Å²) in [5.41, 5.74) is 1.18. The van der Waals surface area contributed by atoms with Crippen molar-refractivity contribution in [1.29, 1.82) is 0 Å². The molecule has 6 nitrogen and oxygen atoms in total. The molecule has 0 spiro atoms. The Bertz CT molecular complexity index is 1110. The van der Waals surface area contributed by atoms with Crippen molar-refractivity contribution < 1.29 is 23.1 Å². The van der Waals surface area contributed by atoms with Gasteiger partial charge >= 0.3 is 0 Å². The van der Waals surface area contributed by atoms with Gasteiger partial charge in [0, 0.05) is 18.7 Å². The molecule has 1 heterocycles. The van der Waals surface area contributed by atoms with E-state index in [2.05, 4.69) is 6.58 Å². The van der Waals surface area contributed by atoms with Gasteiger partial charge in [-0.25, -0.2) is 4.39 Å². The number of halogens is 1. The van der Waals surface area contributed by atoms with Crippen LogP contribution in [0.4, 0.5) is 4.39 Å². The number of aryl methyl sites for hydroxylation is 1. The predicted molar refractivity (Wildman–Crippen MR) is 123 cm³/mol. The highest BCUT2D eigenvalue weighted by atomic mass is 19.1. The number of carbonyl (C=O) groups is 2. The number of benzene rings is 2. The molecular weight excluding hydrogens is 423 g/mol. The van der Waals surface area contributed by atoms with Crippen molar-refractivity contribution in [3.05, 3.63) is 102 Å². The van der Waals surface area contributed by atoms with Crippen LogP contribution in [-0.4, -0.2) is 41.8 Å². The Labute approximate surface area is 192 Å². The molecule has 0 radical (unpaired) electrons. The first kappa shape index (κ1) is 23.8. The van der Waals surface area contributed by atoms with Crippen molar-refractivity contribution in [2.24, 2.45) is 0 Å². The van der Waals surface area contributed by atoms with Crippen molar-refractivity contribution in [3.63, 3.8) is 0 Å². The molecule has 33 heavy (non-hydrogen) atoms. The maximum Gasteiger partial charge on any atom is 0.254 e. The van der Waals surface area contributed by atoms with Crippen LogP contribution >= 0.6 is 0 Å². The van der Waals surface area contributed by atoms with Crippen LogP contribution in [0.15, 0.2) is 77.7 Å². The first-order valence-electron chi connectivity index (χ1n) is 10.5. The fourth-order valence-electron chi connectivity index (χ4n) is 3.38. The molecule has 0 aliphatic heterocycles. The fraction of sp³-hybridized carbons (Fsp3) is 0.231. The highest BCUT2D eigenvalue weighted by Gasteiger charge is 2.23.